The molecule has 0 saturated heterocycles. The zero-order valence-corrected chi connectivity index (χ0v) is 34.5. The molecule has 0 aromatic carbocycles. The fourth-order valence-electron chi connectivity index (χ4n) is 7.92. The molecule has 0 radical (unpaired) electrons. The number of rotatable bonds is 41. The van der Waals surface area contributed by atoms with Gasteiger partial charge in [0.2, 0.25) is 0 Å². The topological polar surface area (TPSA) is 8.81 Å². The van der Waals surface area contributed by atoms with Crippen LogP contribution in [0.15, 0.2) is 12.4 Å². The van der Waals surface area contributed by atoms with E-state index < -0.39 is 0 Å². The van der Waals surface area contributed by atoms with E-state index in [2.05, 4.69) is 42.3 Å². The summed E-state index contributed by atoms with van der Waals surface area (Å²) in [6, 6.07) is 0. The first-order chi connectivity index (χ1) is 24.3. The lowest BCUT2D eigenvalue weighted by Crippen LogP contribution is -2.37. The number of hydrogen-bond donors (Lipinski definition) is 0. The highest BCUT2D eigenvalue weighted by atomic mass is 15.1. The van der Waals surface area contributed by atoms with Crippen LogP contribution in [0.2, 0.25) is 0 Å². The molecule has 0 bridgehead atoms. The fraction of sp³-hybridized carbons (Fsp3) is 0.936. The second-order valence-electron chi connectivity index (χ2n) is 16.2. The lowest BCUT2D eigenvalue weighted by atomic mass is 10.0. The van der Waals surface area contributed by atoms with Gasteiger partial charge in [-0.25, -0.2) is 9.13 Å². The summed E-state index contributed by atoms with van der Waals surface area (Å²) in [5.41, 5.74) is 0. The summed E-state index contributed by atoms with van der Waals surface area (Å²) in [5.74, 6) is 1.63. The molecular weight excluding hydrogens is 593 g/mol. The van der Waals surface area contributed by atoms with Crippen molar-refractivity contribution in [2.45, 2.75) is 284 Å². The summed E-state index contributed by atoms with van der Waals surface area (Å²) < 4.78 is 5.30. The SMILES string of the molecule is CCCCCCCCCCCCCCCC[n+]1ccn(CCCCCCCCCCCCCCC)c1CCCCCCCCCCCCC. The lowest BCUT2D eigenvalue weighted by Gasteiger charge is -2.07. The summed E-state index contributed by atoms with van der Waals surface area (Å²) in [5, 5.41) is 0. The maximum atomic E-state index is 2.65. The Morgan fingerprint density at radius 2 is 0.633 bits per heavy atom. The van der Waals surface area contributed by atoms with E-state index in [0.717, 1.165) is 0 Å². The second-order valence-corrected chi connectivity index (χ2v) is 16.2. The first-order valence-corrected chi connectivity index (χ1v) is 23.4. The Morgan fingerprint density at radius 3 is 0.980 bits per heavy atom. The van der Waals surface area contributed by atoms with E-state index in [9.17, 15) is 0 Å². The van der Waals surface area contributed by atoms with E-state index in [1.54, 1.807) is 5.82 Å². The molecule has 0 atom stereocenters. The van der Waals surface area contributed by atoms with Crippen LogP contribution in [0.5, 0.6) is 0 Å². The van der Waals surface area contributed by atoms with E-state index in [-0.39, 0.29) is 0 Å². The van der Waals surface area contributed by atoms with Crippen LogP contribution >= 0.6 is 0 Å². The normalized spacial score (nSPS) is 11.7. The molecule has 0 aliphatic heterocycles. The molecule has 2 heteroatoms. The number of aryl methyl sites for hydroxylation is 2. The number of hydrogen-bond acceptors (Lipinski definition) is 0. The van der Waals surface area contributed by atoms with Crippen molar-refractivity contribution < 1.29 is 4.57 Å². The lowest BCUT2D eigenvalue weighted by molar-refractivity contribution is -0.704. The highest BCUT2D eigenvalue weighted by molar-refractivity contribution is 4.84. The van der Waals surface area contributed by atoms with Gasteiger partial charge in [-0.1, -0.05) is 233 Å². The molecule has 0 N–H and O–H groups in total. The van der Waals surface area contributed by atoms with Gasteiger partial charge in [0.25, 0.3) is 5.82 Å². The van der Waals surface area contributed by atoms with Crippen molar-refractivity contribution in [2.24, 2.45) is 0 Å². The highest BCUT2D eigenvalue weighted by Gasteiger charge is 2.16. The van der Waals surface area contributed by atoms with E-state index in [4.69, 9.17) is 0 Å². The van der Waals surface area contributed by atoms with Crippen LogP contribution in [0.4, 0.5) is 0 Å². The number of nitrogens with zero attached hydrogens (tertiary/aromatic N) is 2. The van der Waals surface area contributed by atoms with Gasteiger partial charge >= 0.3 is 0 Å². The number of aromatic nitrogens is 2. The van der Waals surface area contributed by atoms with E-state index in [1.165, 1.54) is 264 Å². The zero-order chi connectivity index (χ0) is 35.1. The van der Waals surface area contributed by atoms with Gasteiger partial charge in [0.15, 0.2) is 0 Å². The molecule has 0 spiro atoms. The third-order valence-electron chi connectivity index (χ3n) is 11.3. The Kier molecular flexibility index (Phi) is 36.3. The van der Waals surface area contributed by atoms with Crippen molar-refractivity contribution in [3.05, 3.63) is 18.2 Å². The van der Waals surface area contributed by atoms with Crippen molar-refractivity contribution >= 4 is 0 Å². The first kappa shape index (κ1) is 46.2. The highest BCUT2D eigenvalue weighted by Crippen LogP contribution is 2.16. The minimum Gasteiger partial charge on any atom is -0.234 e. The Bertz CT molecular complexity index is 751. The van der Waals surface area contributed by atoms with Gasteiger partial charge in [0.1, 0.15) is 12.4 Å². The second kappa shape index (κ2) is 38.4. The fourth-order valence-corrected chi connectivity index (χ4v) is 7.92. The number of imidazole rings is 1. The van der Waals surface area contributed by atoms with Crippen LogP contribution in [0.3, 0.4) is 0 Å². The molecule has 1 heterocycles. The first-order valence-electron chi connectivity index (χ1n) is 23.4. The zero-order valence-electron chi connectivity index (χ0n) is 34.5. The average Bonchev–Trinajstić information content (AvgIpc) is 3.50. The maximum absolute atomic E-state index is 2.65. The Hall–Kier alpha value is -0.790. The molecule has 290 valence electrons. The predicted octanol–water partition coefficient (Wildman–Crippen LogP) is 16.2. The molecule has 0 aliphatic carbocycles. The van der Waals surface area contributed by atoms with Crippen molar-refractivity contribution in [3.8, 4) is 0 Å². The van der Waals surface area contributed by atoms with E-state index in [0.29, 0.717) is 0 Å². The summed E-state index contributed by atoms with van der Waals surface area (Å²) in [4.78, 5) is 0. The van der Waals surface area contributed by atoms with Crippen LogP contribution in [0.1, 0.15) is 271 Å². The minimum atomic E-state index is 1.23. The van der Waals surface area contributed by atoms with E-state index in [1.807, 2.05) is 0 Å². The molecule has 1 aromatic rings. The van der Waals surface area contributed by atoms with Crippen LogP contribution in [-0.4, -0.2) is 4.57 Å². The molecule has 49 heavy (non-hydrogen) atoms. The molecular formula is C47H93N2+. The third-order valence-corrected chi connectivity index (χ3v) is 11.3. The van der Waals surface area contributed by atoms with Crippen LogP contribution in [-0.2, 0) is 19.5 Å². The van der Waals surface area contributed by atoms with Gasteiger partial charge in [0.05, 0.1) is 13.1 Å². The van der Waals surface area contributed by atoms with E-state index >= 15 is 0 Å². The molecule has 0 saturated carbocycles. The standard InChI is InChI=1S/C47H93N2/c1-4-7-10-13-16-19-22-24-26-29-32-35-38-41-44-49-46-45-48(43-40-37-34-31-28-25-23-20-17-14-11-8-5-2)47(49)42-39-36-33-30-27-21-18-15-12-9-6-3/h45-46H,4-44H2,1-3H3/q+1. The summed E-state index contributed by atoms with van der Waals surface area (Å²) in [7, 11) is 0. The molecule has 1 rings (SSSR count). The predicted molar refractivity (Wildman–Crippen MR) is 221 cm³/mol. The molecule has 0 unspecified atom stereocenters. The summed E-state index contributed by atoms with van der Waals surface area (Å²) in [6.07, 6.45) is 60.8. The number of unbranched alkanes of at least 4 members (excludes halogenated alkanes) is 35. The summed E-state index contributed by atoms with van der Waals surface area (Å²) >= 11 is 0. The van der Waals surface area contributed by atoms with Crippen molar-refractivity contribution in [3.63, 3.8) is 0 Å². The minimum absolute atomic E-state index is 1.23. The Labute approximate surface area is 310 Å². The Morgan fingerprint density at radius 1 is 0.347 bits per heavy atom. The van der Waals surface area contributed by atoms with Crippen LogP contribution in [0, 0.1) is 0 Å². The van der Waals surface area contributed by atoms with Crippen LogP contribution < -0.4 is 4.57 Å². The molecule has 1 aromatic heterocycles. The van der Waals surface area contributed by atoms with Crippen molar-refractivity contribution in [1.82, 2.24) is 4.57 Å². The van der Waals surface area contributed by atoms with Gasteiger partial charge in [-0.3, -0.25) is 0 Å². The monoisotopic (exact) mass is 686 g/mol. The van der Waals surface area contributed by atoms with Crippen molar-refractivity contribution in [1.29, 1.82) is 0 Å². The van der Waals surface area contributed by atoms with Gasteiger partial charge in [-0.15, -0.1) is 0 Å². The van der Waals surface area contributed by atoms with Crippen LogP contribution in [0.25, 0.3) is 0 Å². The maximum Gasteiger partial charge on any atom is 0.256 e. The molecule has 0 fully saturated rings. The molecule has 0 aliphatic rings. The van der Waals surface area contributed by atoms with Gasteiger partial charge < -0.3 is 0 Å². The molecule has 0 amide bonds. The Balaban J connectivity index is 2.27. The van der Waals surface area contributed by atoms with Gasteiger partial charge in [-0.2, -0.15) is 0 Å². The third kappa shape index (κ3) is 30.5. The average molecular weight is 686 g/mol. The van der Waals surface area contributed by atoms with Gasteiger partial charge in [-0.05, 0) is 32.1 Å². The molecule has 2 nitrogen and oxygen atoms in total. The van der Waals surface area contributed by atoms with Crippen molar-refractivity contribution in [2.75, 3.05) is 0 Å². The summed E-state index contributed by atoms with van der Waals surface area (Å²) in [6.45, 7) is 9.41. The largest absolute Gasteiger partial charge is 0.256 e. The quantitative estimate of drug-likeness (QED) is 0.0479. The van der Waals surface area contributed by atoms with Gasteiger partial charge in [0, 0.05) is 6.42 Å². The smallest absolute Gasteiger partial charge is 0.234 e.